The van der Waals surface area contributed by atoms with Crippen LogP contribution in [0, 0.1) is 0 Å². The fourth-order valence-electron chi connectivity index (χ4n) is 2.19. The van der Waals surface area contributed by atoms with E-state index in [-0.39, 0.29) is 0 Å². The van der Waals surface area contributed by atoms with E-state index in [1.807, 2.05) is 12.1 Å². The van der Waals surface area contributed by atoms with E-state index in [9.17, 15) is 4.21 Å². The molecule has 0 amide bonds. The van der Waals surface area contributed by atoms with E-state index in [0.717, 1.165) is 11.4 Å². The first-order valence-electron chi connectivity index (χ1n) is 5.91. The average molecular weight is 237 g/mol. The van der Waals surface area contributed by atoms with Gasteiger partial charge in [0.15, 0.2) is 0 Å². The molecule has 3 heteroatoms. The highest BCUT2D eigenvalue weighted by atomic mass is 32.2. The van der Waals surface area contributed by atoms with Crippen molar-refractivity contribution in [3.8, 4) is 0 Å². The summed E-state index contributed by atoms with van der Waals surface area (Å²) in [4.78, 5) is 0.907. The third kappa shape index (κ3) is 3.16. The zero-order chi connectivity index (χ0) is 11.4. The van der Waals surface area contributed by atoms with Crippen molar-refractivity contribution in [3.05, 3.63) is 29.8 Å². The van der Waals surface area contributed by atoms with Crippen molar-refractivity contribution in [3.63, 3.8) is 0 Å². The molecule has 1 aliphatic rings. The van der Waals surface area contributed by atoms with Gasteiger partial charge >= 0.3 is 0 Å². The highest BCUT2D eigenvalue weighted by molar-refractivity contribution is 7.84. The second-order valence-electron chi connectivity index (χ2n) is 4.46. The van der Waals surface area contributed by atoms with Gasteiger partial charge in [0.2, 0.25) is 0 Å². The molecule has 16 heavy (non-hydrogen) atoms. The molecule has 1 aliphatic carbocycles. The van der Waals surface area contributed by atoms with Crippen molar-refractivity contribution < 1.29 is 4.21 Å². The molecular formula is C13H19NOS. The van der Waals surface area contributed by atoms with Gasteiger partial charge in [0.05, 0.1) is 0 Å². The number of nitrogens with one attached hydrogen (secondary N) is 1. The molecule has 1 atom stereocenters. The zero-order valence-corrected chi connectivity index (χ0v) is 10.6. The Balaban J connectivity index is 1.87. The molecule has 88 valence electrons. The molecule has 1 saturated carbocycles. The Morgan fingerprint density at radius 2 is 1.88 bits per heavy atom. The Bertz CT molecular complexity index is 355. The van der Waals surface area contributed by atoms with Gasteiger partial charge < -0.3 is 5.32 Å². The monoisotopic (exact) mass is 237 g/mol. The lowest BCUT2D eigenvalue weighted by Crippen LogP contribution is -2.25. The van der Waals surface area contributed by atoms with Gasteiger partial charge in [0.1, 0.15) is 0 Å². The molecule has 1 unspecified atom stereocenters. The van der Waals surface area contributed by atoms with Crippen molar-refractivity contribution in [1.29, 1.82) is 0 Å². The van der Waals surface area contributed by atoms with Crippen LogP contribution in [0.25, 0.3) is 0 Å². The molecule has 0 aliphatic heterocycles. The van der Waals surface area contributed by atoms with Crippen LogP contribution in [0.3, 0.4) is 0 Å². The summed E-state index contributed by atoms with van der Waals surface area (Å²) in [6, 6.07) is 8.76. The van der Waals surface area contributed by atoms with Gasteiger partial charge in [-0.2, -0.15) is 0 Å². The van der Waals surface area contributed by atoms with Crippen LogP contribution in [0.15, 0.2) is 29.2 Å². The minimum absolute atomic E-state index is 0.708. The van der Waals surface area contributed by atoms with Crippen LogP contribution < -0.4 is 5.32 Å². The first-order valence-corrected chi connectivity index (χ1v) is 7.47. The lowest BCUT2D eigenvalue weighted by molar-refractivity contribution is 0.524. The quantitative estimate of drug-likeness (QED) is 0.871. The molecule has 2 rings (SSSR count). The van der Waals surface area contributed by atoms with E-state index in [1.165, 1.54) is 31.2 Å². The Kier molecular flexibility index (Phi) is 4.13. The number of rotatable bonds is 4. The summed E-state index contributed by atoms with van der Waals surface area (Å²) in [6.07, 6.45) is 7.08. The van der Waals surface area contributed by atoms with E-state index in [2.05, 4.69) is 17.4 Å². The fourth-order valence-corrected chi connectivity index (χ4v) is 2.71. The Morgan fingerprint density at radius 1 is 1.25 bits per heavy atom. The number of hydrogen-bond acceptors (Lipinski definition) is 2. The van der Waals surface area contributed by atoms with Crippen molar-refractivity contribution >= 4 is 10.8 Å². The average Bonchev–Trinajstić information content (AvgIpc) is 2.80. The SMILES string of the molecule is CS(=O)c1ccc(CNC2CCCC2)cc1. The van der Waals surface area contributed by atoms with E-state index in [1.54, 1.807) is 6.26 Å². The predicted molar refractivity (Wildman–Crippen MR) is 67.9 cm³/mol. The third-order valence-electron chi connectivity index (χ3n) is 3.21. The van der Waals surface area contributed by atoms with E-state index in [0.29, 0.717) is 6.04 Å². The van der Waals surface area contributed by atoms with Crippen LogP contribution in [0.5, 0.6) is 0 Å². The normalized spacial score (nSPS) is 18.8. The van der Waals surface area contributed by atoms with Gasteiger partial charge in [0.25, 0.3) is 0 Å². The summed E-state index contributed by atoms with van der Waals surface area (Å²) in [5, 5.41) is 3.57. The minimum Gasteiger partial charge on any atom is -0.310 e. The lowest BCUT2D eigenvalue weighted by Gasteiger charge is -2.11. The summed E-state index contributed by atoms with van der Waals surface area (Å²) in [7, 11) is -0.864. The van der Waals surface area contributed by atoms with Crippen LogP contribution in [-0.4, -0.2) is 16.5 Å². The van der Waals surface area contributed by atoms with Crippen LogP contribution >= 0.6 is 0 Å². The molecule has 1 fully saturated rings. The van der Waals surface area contributed by atoms with Gasteiger partial charge in [-0.15, -0.1) is 0 Å². The summed E-state index contributed by atoms with van der Waals surface area (Å²) in [6.45, 7) is 0.932. The zero-order valence-electron chi connectivity index (χ0n) is 9.74. The van der Waals surface area contributed by atoms with Crippen LogP contribution in [0.4, 0.5) is 0 Å². The maximum Gasteiger partial charge on any atom is 0.0498 e. The minimum atomic E-state index is -0.864. The summed E-state index contributed by atoms with van der Waals surface area (Å²) < 4.78 is 11.2. The molecule has 1 aromatic carbocycles. The molecule has 0 spiro atoms. The largest absolute Gasteiger partial charge is 0.310 e. The van der Waals surface area contributed by atoms with E-state index in [4.69, 9.17) is 0 Å². The molecular weight excluding hydrogens is 218 g/mol. The van der Waals surface area contributed by atoms with Crippen molar-refractivity contribution in [2.24, 2.45) is 0 Å². The standard InChI is InChI=1S/C13H19NOS/c1-16(15)13-8-6-11(7-9-13)10-14-12-4-2-3-5-12/h6-9,12,14H,2-5,10H2,1H3. The summed E-state index contributed by atoms with van der Waals surface area (Å²) in [5.41, 5.74) is 1.28. The van der Waals surface area contributed by atoms with Crippen LogP contribution in [0.2, 0.25) is 0 Å². The molecule has 0 heterocycles. The molecule has 2 nitrogen and oxygen atoms in total. The fraction of sp³-hybridized carbons (Fsp3) is 0.538. The van der Waals surface area contributed by atoms with E-state index >= 15 is 0 Å². The Labute approximate surface area is 99.9 Å². The van der Waals surface area contributed by atoms with Gasteiger partial charge in [0, 0.05) is 34.5 Å². The molecule has 0 aromatic heterocycles. The second kappa shape index (κ2) is 5.60. The van der Waals surface area contributed by atoms with Crippen molar-refractivity contribution in [2.75, 3.05) is 6.26 Å². The molecule has 0 bridgehead atoms. The third-order valence-corrected chi connectivity index (χ3v) is 4.14. The molecule has 1 N–H and O–H groups in total. The highest BCUT2D eigenvalue weighted by Gasteiger charge is 2.13. The topological polar surface area (TPSA) is 29.1 Å². The van der Waals surface area contributed by atoms with Crippen molar-refractivity contribution in [1.82, 2.24) is 5.32 Å². The molecule has 1 aromatic rings. The highest BCUT2D eigenvalue weighted by Crippen LogP contribution is 2.18. The van der Waals surface area contributed by atoms with Crippen LogP contribution in [-0.2, 0) is 17.3 Å². The second-order valence-corrected chi connectivity index (χ2v) is 5.84. The lowest BCUT2D eigenvalue weighted by atomic mass is 10.2. The number of benzene rings is 1. The first kappa shape index (κ1) is 11.8. The first-order chi connectivity index (χ1) is 7.75. The smallest absolute Gasteiger partial charge is 0.0498 e. The maximum absolute atomic E-state index is 11.2. The molecule has 0 radical (unpaired) electrons. The van der Waals surface area contributed by atoms with Crippen LogP contribution in [0.1, 0.15) is 31.2 Å². The Hall–Kier alpha value is -0.670. The maximum atomic E-state index is 11.2. The molecule has 0 saturated heterocycles. The van der Waals surface area contributed by atoms with E-state index < -0.39 is 10.8 Å². The van der Waals surface area contributed by atoms with Gasteiger partial charge in [-0.3, -0.25) is 4.21 Å². The van der Waals surface area contributed by atoms with Gasteiger partial charge in [-0.25, -0.2) is 0 Å². The number of hydrogen-bond donors (Lipinski definition) is 1. The van der Waals surface area contributed by atoms with Gasteiger partial charge in [-0.1, -0.05) is 25.0 Å². The van der Waals surface area contributed by atoms with Gasteiger partial charge in [-0.05, 0) is 30.5 Å². The summed E-state index contributed by atoms with van der Waals surface area (Å²) in [5.74, 6) is 0. The summed E-state index contributed by atoms with van der Waals surface area (Å²) >= 11 is 0. The van der Waals surface area contributed by atoms with Crippen molar-refractivity contribution in [2.45, 2.75) is 43.2 Å². The predicted octanol–water partition coefficient (Wildman–Crippen LogP) is 2.46. The Morgan fingerprint density at radius 3 is 2.44 bits per heavy atom.